The molecule has 0 radical (unpaired) electrons. The maximum Gasteiger partial charge on any atom is 0.270 e. The highest BCUT2D eigenvalue weighted by molar-refractivity contribution is 7.89. The summed E-state index contributed by atoms with van der Waals surface area (Å²) in [5.41, 5.74) is 0.204. The van der Waals surface area contributed by atoms with Crippen LogP contribution in [0.2, 0.25) is 0 Å². The molecule has 1 fully saturated rings. The lowest BCUT2D eigenvalue weighted by atomic mass is 9.97. The van der Waals surface area contributed by atoms with E-state index in [4.69, 9.17) is 0 Å². The van der Waals surface area contributed by atoms with Crippen molar-refractivity contribution in [3.05, 3.63) is 33.9 Å². The minimum Gasteiger partial charge on any atom is -0.355 e. The molecule has 1 aromatic rings. The molecule has 0 aliphatic carbocycles. The summed E-state index contributed by atoms with van der Waals surface area (Å²) in [6.07, 6.45) is 0.858. The molecule has 11 heteroatoms. The Balaban J connectivity index is 0.00000364. The van der Waals surface area contributed by atoms with Gasteiger partial charge >= 0.3 is 0 Å². The van der Waals surface area contributed by atoms with Crippen molar-refractivity contribution in [2.75, 3.05) is 33.2 Å². The molecule has 0 aromatic heterocycles. The Morgan fingerprint density at radius 3 is 2.48 bits per heavy atom. The number of amides is 1. The van der Waals surface area contributed by atoms with E-state index in [-0.39, 0.29) is 47.9 Å². The van der Waals surface area contributed by atoms with Gasteiger partial charge in [0.1, 0.15) is 0 Å². The van der Waals surface area contributed by atoms with Crippen LogP contribution in [0.15, 0.2) is 23.1 Å². The summed E-state index contributed by atoms with van der Waals surface area (Å²) in [5.74, 6) is -0.284. The molecule has 0 atom stereocenters. The Labute approximate surface area is 165 Å². The van der Waals surface area contributed by atoms with Crippen molar-refractivity contribution in [2.24, 2.45) is 5.92 Å². The number of sulfonamides is 1. The molecule has 1 saturated heterocycles. The van der Waals surface area contributed by atoms with Crippen molar-refractivity contribution in [2.45, 2.75) is 24.7 Å². The molecule has 0 bridgehead atoms. The van der Waals surface area contributed by atoms with Gasteiger partial charge in [-0.05, 0) is 32.4 Å². The average molecular weight is 421 g/mol. The zero-order chi connectivity index (χ0) is 19.3. The van der Waals surface area contributed by atoms with Crippen LogP contribution in [0.5, 0.6) is 0 Å². The van der Waals surface area contributed by atoms with E-state index < -0.39 is 14.9 Å². The van der Waals surface area contributed by atoms with E-state index in [0.717, 1.165) is 6.07 Å². The third-order valence-corrected chi connectivity index (χ3v) is 6.54. The summed E-state index contributed by atoms with van der Waals surface area (Å²) >= 11 is 0. The molecule has 0 unspecified atom stereocenters. The number of nitro benzene ring substituents is 1. The number of nitrogens with zero attached hydrogens (tertiary/aromatic N) is 2. The first kappa shape index (κ1) is 23.3. The molecule has 152 valence electrons. The zero-order valence-corrected chi connectivity index (χ0v) is 16.9. The molecular formula is C16H25ClN4O5S. The summed E-state index contributed by atoms with van der Waals surface area (Å²) < 4.78 is 27.0. The number of non-ortho nitro benzene ring substituents is 1. The van der Waals surface area contributed by atoms with Gasteiger partial charge in [0, 0.05) is 44.2 Å². The molecule has 27 heavy (non-hydrogen) atoms. The maximum atomic E-state index is 12.9. The minimum absolute atomic E-state index is 0. The molecule has 1 amide bonds. The summed E-state index contributed by atoms with van der Waals surface area (Å²) in [5, 5.41) is 16.7. The molecule has 0 spiro atoms. The molecule has 1 heterocycles. The Kier molecular flexibility index (Phi) is 8.60. The summed E-state index contributed by atoms with van der Waals surface area (Å²) in [4.78, 5) is 22.4. The second kappa shape index (κ2) is 9.98. The molecule has 0 saturated carbocycles. The number of piperidine rings is 1. The zero-order valence-electron chi connectivity index (χ0n) is 15.3. The van der Waals surface area contributed by atoms with Crippen LogP contribution in [0.4, 0.5) is 5.69 Å². The second-order valence-electron chi connectivity index (χ2n) is 6.28. The van der Waals surface area contributed by atoms with Crippen molar-refractivity contribution in [3.8, 4) is 0 Å². The number of hydrogen-bond acceptors (Lipinski definition) is 6. The van der Waals surface area contributed by atoms with Crippen LogP contribution >= 0.6 is 12.4 Å². The predicted molar refractivity (Wildman–Crippen MR) is 104 cm³/mol. The lowest BCUT2D eigenvalue weighted by Crippen LogP contribution is -2.44. The number of nitrogens with one attached hydrogen (secondary N) is 2. The van der Waals surface area contributed by atoms with Crippen molar-refractivity contribution in [1.29, 1.82) is 0 Å². The molecule has 1 aliphatic rings. The number of halogens is 1. The van der Waals surface area contributed by atoms with Gasteiger partial charge in [-0.1, -0.05) is 6.07 Å². The monoisotopic (exact) mass is 420 g/mol. The third kappa shape index (κ3) is 5.61. The number of aryl methyl sites for hydroxylation is 1. The number of nitro groups is 1. The van der Waals surface area contributed by atoms with Gasteiger partial charge < -0.3 is 10.6 Å². The normalized spacial score (nSPS) is 15.8. The number of benzene rings is 1. The standard InChI is InChI=1S/C16H24N4O5S.ClH/c1-12-3-4-14(20(22)23)11-15(12)26(24,25)19-9-5-13(6-10-19)16(21)18-8-7-17-2;/h3-4,11,13,17H,5-10H2,1-2H3,(H,18,21);1H. The van der Waals surface area contributed by atoms with Crippen LogP contribution in [-0.2, 0) is 14.8 Å². The van der Waals surface area contributed by atoms with Crippen molar-refractivity contribution in [3.63, 3.8) is 0 Å². The van der Waals surface area contributed by atoms with Gasteiger partial charge in [-0.2, -0.15) is 4.31 Å². The summed E-state index contributed by atoms with van der Waals surface area (Å²) in [6.45, 7) is 3.24. The van der Waals surface area contributed by atoms with Crippen LogP contribution in [0, 0.1) is 23.0 Å². The topological polar surface area (TPSA) is 122 Å². The lowest BCUT2D eigenvalue weighted by Gasteiger charge is -2.30. The van der Waals surface area contributed by atoms with Gasteiger partial charge in [-0.3, -0.25) is 14.9 Å². The Morgan fingerprint density at radius 1 is 1.30 bits per heavy atom. The van der Waals surface area contributed by atoms with Crippen LogP contribution in [0.3, 0.4) is 0 Å². The smallest absolute Gasteiger partial charge is 0.270 e. The number of rotatable bonds is 7. The highest BCUT2D eigenvalue weighted by Gasteiger charge is 2.33. The van der Waals surface area contributed by atoms with Crippen molar-refractivity contribution < 1.29 is 18.1 Å². The first-order chi connectivity index (χ1) is 12.3. The molecular weight excluding hydrogens is 396 g/mol. The van der Waals surface area contributed by atoms with Crippen LogP contribution in [0.1, 0.15) is 18.4 Å². The first-order valence-electron chi connectivity index (χ1n) is 8.45. The van der Waals surface area contributed by atoms with Gasteiger partial charge in [-0.25, -0.2) is 8.42 Å². The average Bonchev–Trinajstić information content (AvgIpc) is 2.62. The summed E-state index contributed by atoms with van der Waals surface area (Å²) in [7, 11) is -2.03. The van der Waals surface area contributed by atoms with Gasteiger partial charge in [0.2, 0.25) is 15.9 Å². The molecule has 9 nitrogen and oxygen atoms in total. The molecule has 1 aliphatic heterocycles. The van der Waals surface area contributed by atoms with Crippen molar-refractivity contribution in [1.82, 2.24) is 14.9 Å². The first-order valence-corrected chi connectivity index (χ1v) is 9.89. The SMILES string of the molecule is CNCCNC(=O)C1CCN(S(=O)(=O)c2cc([N+](=O)[O-])ccc2C)CC1.Cl. The number of likely N-dealkylation sites (N-methyl/N-ethyl adjacent to an activating group) is 1. The molecule has 2 N–H and O–H groups in total. The predicted octanol–water partition coefficient (Wildman–Crippen LogP) is 1.06. The van der Waals surface area contributed by atoms with Crippen molar-refractivity contribution >= 4 is 34.0 Å². The largest absolute Gasteiger partial charge is 0.355 e. The fourth-order valence-corrected chi connectivity index (χ4v) is 4.65. The highest BCUT2D eigenvalue weighted by Crippen LogP contribution is 2.28. The van der Waals surface area contributed by atoms with Gasteiger partial charge in [0.25, 0.3) is 5.69 Å². The Bertz CT molecular complexity index is 779. The quantitative estimate of drug-likeness (QED) is 0.386. The van der Waals surface area contributed by atoms with Gasteiger partial charge in [-0.15, -0.1) is 12.4 Å². The van der Waals surface area contributed by atoms with E-state index in [1.165, 1.54) is 16.4 Å². The van der Waals surface area contributed by atoms with Gasteiger partial charge in [0.05, 0.1) is 9.82 Å². The number of carbonyl (C=O) groups excluding carboxylic acids is 1. The van der Waals surface area contributed by atoms with E-state index in [2.05, 4.69) is 10.6 Å². The number of hydrogen-bond donors (Lipinski definition) is 2. The fourth-order valence-electron chi connectivity index (χ4n) is 2.93. The number of carbonyl (C=O) groups is 1. The fraction of sp³-hybridized carbons (Fsp3) is 0.562. The van der Waals surface area contributed by atoms with E-state index in [9.17, 15) is 23.3 Å². The van der Waals surface area contributed by atoms with Crippen LogP contribution in [-0.4, -0.2) is 56.8 Å². The Hall–Kier alpha value is -1.75. The maximum absolute atomic E-state index is 12.9. The Morgan fingerprint density at radius 2 is 1.93 bits per heavy atom. The highest BCUT2D eigenvalue weighted by atomic mass is 35.5. The summed E-state index contributed by atoms with van der Waals surface area (Å²) in [6, 6.07) is 3.82. The molecule has 1 aromatic carbocycles. The van der Waals surface area contributed by atoms with Crippen LogP contribution in [0.25, 0.3) is 0 Å². The van der Waals surface area contributed by atoms with E-state index in [0.29, 0.717) is 31.5 Å². The van der Waals surface area contributed by atoms with E-state index in [1.807, 2.05) is 0 Å². The molecule has 2 rings (SSSR count). The lowest BCUT2D eigenvalue weighted by molar-refractivity contribution is -0.385. The minimum atomic E-state index is -3.83. The van der Waals surface area contributed by atoms with E-state index >= 15 is 0 Å². The van der Waals surface area contributed by atoms with E-state index in [1.54, 1.807) is 14.0 Å². The van der Waals surface area contributed by atoms with Crippen LogP contribution < -0.4 is 10.6 Å². The second-order valence-corrected chi connectivity index (χ2v) is 8.19. The van der Waals surface area contributed by atoms with Gasteiger partial charge in [0.15, 0.2) is 0 Å². The third-order valence-electron chi connectivity index (χ3n) is 4.50.